The molecule has 0 aliphatic heterocycles. The van der Waals surface area contributed by atoms with E-state index in [2.05, 4.69) is 16.5 Å². The van der Waals surface area contributed by atoms with Crippen LogP contribution in [-0.2, 0) is 0 Å². The molecule has 0 unspecified atom stereocenters. The number of nitrogens with zero attached hydrogens (tertiary/aromatic N) is 1. The summed E-state index contributed by atoms with van der Waals surface area (Å²) in [6, 6.07) is 4.39. The van der Waals surface area contributed by atoms with Crippen molar-refractivity contribution in [2.24, 2.45) is 5.92 Å². The monoisotopic (exact) mass is 371 g/mol. The molecule has 1 fully saturated rings. The predicted molar refractivity (Wildman–Crippen MR) is 101 cm³/mol. The summed E-state index contributed by atoms with van der Waals surface area (Å²) >= 11 is 0. The second-order valence-corrected chi connectivity index (χ2v) is 6.74. The fourth-order valence-electron chi connectivity index (χ4n) is 3.29. The summed E-state index contributed by atoms with van der Waals surface area (Å²) in [5.74, 6) is 0.613. The molecule has 0 saturated heterocycles. The smallest absolute Gasteiger partial charge is 0.311 e. The summed E-state index contributed by atoms with van der Waals surface area (Å²) in [5.41, 5.74) is -0.951. The molecule has 1 heterocycles. The van der Waals surface area contributed by atoms with Crippen molar-refractivity contribution in [3.63, 3.8) is 0 Å². The number of benzene rings is 1. The van der Waals surface area contributed by atoms with E-state index in [1.807, 2.05) is 0 Å². The Hall–Kier alpha value is -3.16. The standard InChI is InChI=1S/C19H21N3O5/c1-12-20-18(23)15(19(24)21-12)9-14-7-8-17(16(10-14)22(25)26)27-11-13-5-3-2-4-6-13/h7-10,13H,1-6,11H2,(H,20,23)(H,21,24). The highest BCUT2D eigenvalue weighted by Crippen LogP contribution is 2.30. The van der Waals surface area contributed by atoms with E-state index in [-0.39, 0.29) is 22.1 Å². The van der Waals surface area contributed by atoms with Crippen molar-refractivity contribution in [3.05, 3.63) is 65.3 Å². The Morgan fingerprint density at radius 1 is 1.19 bits per heavy atom. The summed E-state index contributed by atoms with van der Waals surface area (Å²) in [4.78, 5) is 39.5. The van der Waals surface area contributed by atoms with Gasteiger partial charge in [0.15, 0.2) is 5.75 Å². The Bertz CT molecular complexity index is 1030. The van der Waals surface area contributed by atoms with Gasteiger partial charge in [-0.25, -0.2) is 0 Å². The minimum absolute atomic E-state index is 0.0968. The SMILES string of the molecule is C=c1[nH]c(=O)c(=Cc2ccc(OCC3CCCCC3)c([N+](=O)[O-])c2)c(=O)[nH]1. The fraction of sp³-hybridized carbons (Fsp3) is 0.368. The van der Waals surface area contributed by atoms with Crippen molar-refractivity contribution in [2.75, 3.05) is 6.61 Å². The van der Waals surface area contributed by atoms with Gasteiger partial charge in [0.1, 0.15) is 10.7 Å². The number of ether oxygens (including phenoxy) is 1. The first kappa shape index (κ1) is 18.6. The normalized spacial score (nSPS) is 14.7. The molecule has 2 aromatic rings. The summed E-state index contributed by atoms with van der Waals surface area (Å²) in [6.07, 6.45) is 7.02. The Kier molecular flexibility index (Phi) is 5.54. The number of nitro benzene ring substituents is 1. The van der Waals surface area contributed by atoms with Crippen molar-refractivity contribution in [1.82, 2.24) is 9.97 Å². The lowest BCUT2D eigenvalue weighted by molar-refractivity contribution is -0.385. The third kappa shape index (κ3) is 4.52. The first-order valence-corrected chi connectivity index (χ1v) is 8.88. The second kappa shape index (κ2) is 8.03. The minimum atomic E-state index is -0.607. The second-order valence-electron chi connectivity index (χ2n) is 6.74. The first-order chi connectivity index (χ1) is 12.9. The van der Waals surface area contributed by atoms with Gasteiger partial charge in [0.25, 0.3) is 11.1 Å². The third-order valence-corrected chi connectivity index (χ3v) is 4.71. The molecular formula is C19H21N3O5. The zero-order valence-corrected chi connectivity index (χ0v) is 14.8. The molecule has 1 aromatic heterocycles. The van der Waals surface area contributed by atoms with Gasteiger partial charge >= 0.3 is 5.69 Å². The molecule has 0 amide bonds. The average molecular weight is 371 g/mol. The summed E-state index contributed by atoms with van der Waals surface area (Å²) < 4.78 is 5.71. The topological polar surface area (TPSA) is 118 Å². The predicted octanol–water partition coefficient (Wildman–Crippen LogP) is 1.17. The van der Waals surface area contributed by atoms with E-state index in [1.54, 1.807) is 6.07 Å². The number of nitro groups is 1. The highest BCUT2D eigenvalue weighted by atomic mass is 16.6. The van der Waals surface area contributed by atoms with Crippen LogP contribution in [0.15, 0.2) is 27.8 Å². The van der Waals surface area contributed by atoms with Crippen molar-refractivity contribution in [2.45, 2.75) is 32.1 Å². The number of aromatic nitrogens is 2. The fourth-order valence-corrected chi connectivity index (χ4v) is 3.29. The van der Waals surface area contributed by atoms with Gasteiger partial charge in [-0.05, 0) is 36.5 Å². The van der Waals surface area contributed by atoms with E-state index in [1.165, 1.54) is 37.5 Å². The van der Waals surface area contributed by atoms with Crippen molar-refractivity contribution >= 4 is 18.3 Å². The Labute approximate surface area is 154 Å². The number of hydrogen-bond acceptors (Lipinski definition) is 5. The molecule has 0 atom stereocenters. The lowest BCUT2D eigenvalue weighted by Crippen LogP contribution is -2.47. The summed E-state index contributed by atoms with van der Waals surface area (Å²) in [5, 5.41) is 11.3. The van der Waals surface area contributed by atoms with Crippen LogP contribution in [-0.4, -0.2) is 21.5 Å². The van der Waals surface area contributed by atoms with Gasteiger partial charge in [-0.15, -0.1) is 0 Å². The molecule has 1 aliphatic carbocycles. The Balaban J connectivity index is 1.91. The molecule has 2 N–H and O–H groups in total. The largest absolute Gasteiger partial charge is 0.487 e. The molecule has 1 saturated carbocycles. The number of nitrogens with one attached hydrogen (secondary N) is 2. The van der Waals surface area contributed by atoms with Crippen LogP contribution in [0.4, 0.5) is 5.69 Å². The van der Waals surface area contributed by atoms with E-state index in [9.17, 15) is 19.7 Å². The molecular weight excluding hydrogens is 350 g/mol. The average Bonchev–Trinajstić information content (AvgIpc) is 2.64. The van der Waals surface area contributed by atoms with E-state index in [0.717, 1.165) is 12.8 Å². The van der Waals surface area contributed by atoms with Crippen LogP contribution >= 0.6 is 0 Å². The number of aromatic amines is 2. The molecule has 0 bridgehead atoms. The zero-order valence-electron chi connectivity index (χ0n) is 14.8. The molecule has 3 rings (SSSR count). The summed E-state index contributed by atoms with van der Waals surface area (Å²) in [7, 11) is 0. The van der Waals surface area contributed by atoms with Crippen LogP contribution in [0.1, 0.15) is 37.7 Å². The maximum absolute atomic E-state index is 11.9. The third-order valence-electron chi connectivity index (χ3n) is 4.71. The van der Waals surface area contributed by atoms with E-state index in [4.69, 9.17) is 4.74 Å². The van der Waals surface area contributed by atoms with Crippen molar-refractivity contribution in [1.29, 1.82) is 0 Å². The van der Waals surface area contributed by atoms with E-state index in [0.29, 0.717) is 18.1 Å². The quantitative estimate of drug-likeness (QED) is 0.604. The molecule has 27 heavy (non-hydrogen) atoms. The molecule has 0 spiro atoms. The minimum Gasteiger partial charge on any atom is -0.487 e. The van der Waals surface area contributed by atoms with Crippen molar-refractivity contribution in [3.8, 4) is 5.75 Å². The summed E-state index contributed by atoms with van der Waals surface area (Å²) in [6.45, 7) is 3.92. The van der Waals surface area contributed by atoms with Crippen LogP contribution in [0.5, 0.6) is 5.75 Å². The molecule has 8 heteroatoms. The Morgan fingerprint density at radius 3 is 2.48 bits per heavy atom. The Morgan fingerprint density at radius 2 is 1.85 bits per heavy atom. The van der Waals surface area contributed by atoms with Crippen LogP contribution in [0.25, 0.3) is 12.7 Å². The highest BCUT2D eigenvalue weighted by Gasteiger charge is 2.19. The van der Waals surface area contributed by atoms with Gasteiger partial charge in [0.05, 0.1) is 11.5 Å². The maximum atomic E-state index is 11.9. The van der Waals surface area contributed by atoms with Gasteiger partial charge in [0, 0.05) is 6.07 Å². The molecule has 1 aromatic carbocycles. The number of H-pyrrole nitrogens is 2. The van der Waals surface area contributed by atoms with Gasteiger partial charge < -0.3 is 14.7 Å². The van der Waals surface area contributed by atoms with Crippen LogP contribution < -0.4 is 26.6 Å². The van der Waals surface area contributed by atoms with Crippen LogP contribution in [0, 0.1) is 16.0 Å². The molecule has 1 aliphatic rings. The van der Waals surface area contributed by atoms with Crippen LogP contribution in [0.3, 0.4) is 0 Å². The molecule has 0 radical (unpaired) electrons. The molecule has 8 nitrogen and oxygen atoms in total. The lowest BCUT2D eigenvalue weighted by atomic mass is 9.90. The van der Waals surface area contributed by atoms with Gasteiger partial charge in [0.2, 0.25) is 0 Å². The number of rotatable bonds is 5. The zero-order chi connectivity index (χ0) is 19.4. The first-order valence-electron chi connectivity index (χ1n) is 8.88. The van der Waals surface area contributed by atoms with Gasteiger partial charge in [-0.1, -0.05) is 31.9 Å². The van der Waals surface area contributed by atoms with Crippen LogP contribution in [0.2, 0.25) is 0 Å². The van der Waals surface area contributed by atoms with Gasteiger partial charge in [-0.3, -0.25) is 19.7 Å². The van der Waals surface area contributed by atoms with Gasteiger partial charge in [-0.2, -0.15) is 0 Å². The van der Waals surface area contributed by atoms with Crippen molar-refractivity contribution < 1.29 is 9.66 Å². The molecule has 142 valence electrons. The highest BCUT2D eigenvalue weighted by molar-refractivity contribution is 5.58. The van der Waals surface area contributed by atoms with E-state index >= 15 is 0 Å². The number of hydrogen-bond donors (Lipinski definition) is 2. The van der Waals surface area contributed by atoms with E-state index < -0.39 is 16.0 Å². The maximum Gasteiger partial charge on any atom is 0.311 e. The lowest BCUT2D eigenvalue weighted by Gasteiger charge is -2.21.